The molecule has 100 valence electrons. The molecule has 1 rings (SSSR count). The molecule has 0 saturated carbocycles. The van der Waals surface area contributed by atoms with Crippen LogP contribution < -0.4 is 4.74 Å². The molecule has 0 N–H and O–H groups in total. The Morgan fingerprint density at radius 2 is 2.06 bits per heavy atom. The number of benzene rings is 1. The highest BCUT2D eigenvalue weighted by Crippen LogP contribution is 2.27. The highest BCUT2D eigenvalue weighted by Gasteiger charge is 2.14. The molecule has 3 nitrogen and oxygen atoms in total. The topological polar surface area (TPSA) is 35.5 Å². The first-order valence-corrected chi connectivity index (χ1v) is 6.30. The van der Waals surface area contributed by atoms with E-state index in [-0.39, 0.29) is 18.1 Å². The summed E-state index contributed by atoms with van der Waals surface area (Å²) in [5.41, 5.74) is 2.01. The highest BCUT2D eigenvalue weighted by atomic mass is 79.9. The highest BCUT2D eigenvalue weighted by molar-refractivity contribution is 9.08. The summed E-state index contributed by atoms with van der Waals surface area (Å²) in [6.07, 6.45) is 0.108. The zero-order valence-electron chi connectivity index (χ0n) is 10.0. The molecule has 1 aromatic carbocycles. The van der Waals surface area contributed by atoms with Crippen LogP contribution in [0.3, 0.4) is 0 Å². The van der Waals surface area contributed by atoms with Crippen molar-refractivity contribution in [3.63, 3.8) is 0 Å². The Kier molecular flexibility index (Phi) is 5.53. The molecule has 0 unspecified atom stereocenters. The molecule has 0 bridgehead atoms. The van der Waals surface area contributed by atoms with E-state index in [9.17, 15) is 13.6 Å². The molecule has 0 aliphatic heterocycles. The predicted molar refractivity (Wildman–Crippen MR) is 66.2 cm³/mol. The summed E-state index contributed by atoms with van der Waals surface area (Å²) in [7, 11) is 1.30. The van der Waals surface area contributed by atoms with E-state index in [1.54, 1.807) is 13.0 Å². The van der Waals surface area contributed by atoms with Crippen LogP contribution in [0.2, 0.25) is 0 Å². The van der Waals surface area contributed by atoms with E-state index in [0.717, 1.165) is 5.56 Å². The van der Waals surface area contributed by atoms with Crippen molar-refractivity contribution in [2.45, 2.75) is 25.3 Å². The Morgan fingerprint density at radius 1 is 1.39 bits per heavy atom. The second-order valence-electron chi connectivity index (χ2n) is 3.65. The third-order valence-corrected chi connectivity index (χ3v) is 3.05. The lowest BCUT2D eigenvalue weighted by Crippen LogP contribution is -2.08. The van der Waals surface area contributed by atoms with Crippen LogP contribution in [0.25, 0.3) is 0 Å². The number of alkyl halides is 3. The molecule has 0 radical (unpaired) electrons. The van der Waals surface area contributed by atoms with E-state index in [2.05, 4.69) is 25.4 Å². The normalized spacial score (nSPS) is 10.6. The van der Waals surface area contributed by atoms with Gasteiger partial charge in [0.2, 0.25) is 0 Å². The largest absolute Gasteiger partial charge is 0.469 e. The predicted octanol–water partition coefficient (Wildman–Crippen LogP) is 3.21. The summed E-state index contributed by atoms with van der Waals surface area (Å²) in [6.45, 7) is -1.14. The number of carbonyl (C=O) groups is 1. The van der Waals surface area contributed by atoms with Crippen LogP contribution >= 0.6 is 15.9 Å². The Bertz CT molecular complexity index is 436. The first kappa shape index (κ1) is 14.9. The molecule has 0 spiro atoms. The van der Waals surface area contributed by atoms with E-state index in [0.29, 0.717) is 16.5 Å². The molecule has 6 heteroatoms. The Hall–Kier alpha value is -1.17. The summed E-state index contributed by atoms with van der Waals surface area (Å²) < 4.78 is 33.4. The fourth-order valence-electron chi connectivity index (χ4n) is 1.51. The van der Waals surface area contributed by atoms with Crippen LogP contribution in [0.4, 0.5) is 8.78 Å². The van der Waals surface area contributed by atoms with Crippen LogP contribution in [0, 0.1) is 6.92 Å². The van der Waals surface area contributed by atoms with E-state index in [1.165, 1.54) is 13.2 Å². The van der Waals surface area contributed by atoms with Gasteiger partial charge in [0.05, 0.1) is 13.5 Å². The maximum absolute atomic E-state index is 12.2. The second-order valence-corrected chi connectivity index (χ2v) is 4.21. The van der Waals surface area contributed by atoms with Crippen LogP contribution in [0.1, 0.15) is 16.7 Å². The van der Waals surface area contributed by atoms with Crippen molar-refractivity contribution in [3.8, 4) is 5.75 Å². The lowest BCUT2D eigenvalue weighted by Gasteiger charge is -2.13. The minimum Gasteiger partial charge on any atom is -0.469 e. The number of rotatable bonds is 5. The standard InChI is InChI=1S/C12H13BrF2O3/c1-7-3-10(18-12(14)15)9(6-13)4-8(7)5-11(16)17-2/h3-4,12H,5-6H2,1-2H3. The summed E-state index contributed by atoms with van der Waals surface area (Å²) >= 11 is 3.20. The van der Waals surface area contributed by atoms with Crippen LogP contribution in [-0.2, 0) is 21.3 Å². The van der Waals surface area contributed by atoms with Crippen LogP contribution in [0.5, 0.6) is 5.75 Å². The summed E-state index contributed by atoms with van der Waals surface area (Å²) in [6, 6.07) is 3.17. The minimum atomic E-state index is -2.87. The quantitative estimate of drug-likeness (QED) is 0.617. The average Bonchev–Trinajstić information content (AvgIpc) is 2.31. The van der Waals surface area contributed by atoms with Crippen molar-refractivity contribution in [2.24, 2.45) is 0 Å². The maximum atomic E-state index is 12.2. The van der Waals surface area contributed by atoms with Gasteiger partial charge in [0.25, 0.3) is 0 Å². The molecule has 0 amide bonds. The van der Waals surface area contributed by atoms with Gasteiger partial charge in [-0.2, -0.15) is 8.78 Å². The van der Waals surface area contributed by atoms with Crippen molar-refractivity contribution in [3.05, 3.63) is 28.8 Å². The first-order chi connectivity index (χ1) is 8.47. The van der Waals surface area contributed by atoms with Crippen molar-refractivity contribution in [2.75, 3.05) is 7.11 Å². The number of methoxy groups -OCH3 is 1. The maximum Gasteiger partial charge on any atom is 0.387 e. The third kappa shape index (κ3) is 3.94. The minimum absolute atomic E-state index is 0.108. The van der Waals surface area contributed by atoms with Gasteiger partial charge in [-0.15, -0.1) is 0 Å². The fourth-order valence-corrected chi connectivity index (χ4v) is 1.94. The molecule has 18 heavy (non-hydrogen) atoms. The monoisotopic (exact) mass is 322 g/mol. The Balaban J connectivity index is 3.05. The average molecular weight is 323 g/mol. The van der Waals surface area contributed by atoms with Gasteiger partial charge in [-0.3, -0.25) is 4.79 Å². The first-order valence-electron chi connectivity index (χ1n) is 5.18. The Morgan fingerprint density at radius 3 is 2.56 bits per heavy atom. The molecule has 0 saturated heterocycles. The Labute approximate surface area is 112 Å². The van der Waals surface area contributed by atoms with E-state index in [1.807, 2.05) is 0 Å². The van der Waals surface area contributed by atoms with E-state index >= 15 is 0 Å². The van der Waals surface area contributed by atoms with Gasteiger partial charge in [-0.05, 0) is 24.1 Å². The number of ether oxygens (including phenoxy) is 2. The molecule has 0 atom stereocenters. The smallest absolute Gasteiger partial charge is 0.387 e. The van der Waals surface area contributed by atoms with Gasteiger partial charge >= 0.3 is 12.6 Å². The van der Waals surface area contributed by atoms with Gasteiger partial charge in [0.1, 0.15) is 5.75 Å². The molecule has 0 fully saturated rings. The van der Waals surface area contributed by atoms with E-state index < -0.39 is 6.61 Å². The molecule has 0 aliphatic carbocycles. The second kappa shape index (κ2) is 6.68. The van der Waals surface area contributed by atoms with Crippen LogP contribution in [0.15, 0.2) is 12.1 Å². The summed E-state index contributed by atoms with van der Waals surface area (Å²) in [5.74, 6) is -0.255. The molecule has 0 aliphatic rings. The lowest BCUT2D eigenvalue weighted by molar-refractivity contribution is -0.139. The van der Waals surface area contributed by atoms with Gasteiger partial charge in [0.15, 0.2) is 0 Å². The molecule has 1 aromatic rings. The van der Waals surface area contributed by atoms with Crippen LogP contribution in [-0.4, -0.2) is 19.7 Å². The number of aryl methyl sites for hydroxylation is 1. The lowest BCUT2D eigenvalue weighted by atomic mass is 10.0. The number of hydrogen-bond donors (Lipinski definition) is 0. The number of carbonyl (C=O) groups excluding carboxylic acids is 1. The van der Waals surface area contributed by atoms with Crippen molar-refractivity contribution in [1.82, 2.24) is 0 Å². The van der Waals surface area contributed by atoms with Gasteiger partial charge in [0, 0.05) is 10.9 Å². The molecule has 0 heterocycles. The third-order valence-electron chi connectivity index (χ3n) is 2.44. The SMILES string of the molecule is COC(=O)Cc1cc(CBr)c(OC(F)F)cc1C. The number of hydrogen-bond acceptors (Lipinski definition) is 3. The molecule has 0 aromatic heterocycles. The van der Waals surface area contributed by atoms with Gasteiger partial charge in [-0.25, -0.2) is 0 Å². The zero-order chi connectivity index (χ0) is 13.7. The zero-order valence-corrected chi connectivity index (χ0v) is 11.6. The fraction of sp³-hybridized carbons (Fsp3) is 0.417. The molecular formula is C12H13BrF2O3. The number of esters is 1. The van der Waals surface area contributed by atoms with Gasteiger partial charge < -0.3 is 9.47 Å². The van der Waals surface area contributed by atoms with Crippen molar-refractivity contribution in [1.29, 1.82) is 0 Å². The van der Waals surface area contributed by atoms with Crippen molar-refractivity contribution < 1.29 is 23.0 Å². The number of halogens is 3. The van der Waals surface area contributed by atoms with E-state index in [4.69, 9.17) is 0 Å². The van der Waals surface area contributed by atoms with Crippen molar-refractivity contribution >= 4 is 21.9 Å². The van der Waals surface area contributed by atoms with Gasteiger partial charge in [-0.1, -0.05) is 22.0 Å². The summed E-state index contributed by atoms with van der Waals surface area (Å²) in [4.78, 5) is 11.2. The summed E-state index contributed by atoms with van der Waals surface area (Å²) in [5, 5.41) is 0.365. The molecular weight excluding hydrogens is 310 g/mol.